The molecule has 26 heavy (non-hydrogen) atoms. The van der Waals surface area contributed by atoms with Gasteiger partial charge in [-0.1, -0.05) is 23.2 Å². The molecule has 2 aliphatic heterocycles. The number of nitrogens with one attached hydrogen (secondary N) is 1. The third-order valence-corrected chi connectivity index (χ3v) is 5.36. The molecule has 4 heterocycles. The Labute approximate surface area is 161 Å². The highest BCUT2D eigenvalue weighted by Gasteiger charge is 2.23. The molecule has 0 fully saturated rings. The van der Waals surface area contributed by atoms with Crippen molar-refractivity contribution in [3.8, 4) is 0 Å². The van der Waals surface area contributed by atoms with Gasteiger partial charge in [-0.3, -0.25) is 14.7 Å². The van der Waals surface area contributed by atoms with Crippen LogP contribution in [0.25, 0.3) is 0 Å². The van der Waals surface area contributed by atoms with Gasteiger partial charge in [-0.25, -0.2) is 9.97 Å². The van der Waals surface area contributed by atoms with Gasteiger partial charge >= 0.3 is 0 Å². The van der Waals surface area contributed by atoms with Crippen LogP contribution in [0.2, 0.25) is 10.2 Å². The second-order valence-corrected chi connectivity index (χ2v) is 7.48. The van der Waals surface area contributed by atoms with Crippen molar-refractivity contribution in [2.75, 3.05) is 13.1 Å². The Hall–Kier alpha value is -1.76. The van der Waals surface area contributed by atoms with Gasteiger partial charge < -0.3 is 4.98 Å². The van der Waals surface area contributed by atoms with Crippen LogP contribution in [0.3, 0.4) is 0 Å². The van der Waals surface area contributed by atoms with Gasteiger partial charge in [0.1, 0.15) is 5.15 Å². The van der Waals surface area contributed by atoms with E-state index in [1.165, 1.54) is 6.20 Å². The van der Waals surface area contributed by atoms with Crippen LogP contribution in [0.4, 0.5) is 0 Å². The average Bonchev–Trinajstić information content (AvgIpc) is 2.66. The molecule has 2 aromatic rings. The van der Waals surface area contributed by atoms with Crippen molar-refractivity contribution >= 4 is 28.9 Å². The largest absolute Gasteiger partial charge is 0.305 e. The van der Waals surface area contributed by atoms with Crippen molar-refractivity contribution in [2.24, 2.45) is 4.99 Å². The molecule has 0 radical (unpaired) electrons. The lowest BCUT2D eigenvalue weighted by Crippen LogP contribution is -2.36. The zero-order valence-corrected chi connectivity index (χ0v) is 15.8. The van der Waals surface area contributed by atoms with Gasteiger partial charge in [0.2, 0.25) is 0 Å². The molecule has 4 rings (SSSR count). The topological polar surface area (TPSA) is 74.2 Å². The Balaban J connectivity index is 1.56. The molecule has 0 saturated carbocycles. The Morgan fingerprint density at radius 2 is 2.12 bits per heavy atom. The number of pyridine rings is 1. The Morgan fingerprint density at radius 3 is 2.92 bits per heavy atom. The lowest BCUT2D eigenvalue weighted by molar-refractivity contribution is 0.241. The van der Waals surface area contributed by atoms with Crippen LogP contribution in [0, 0.1) is 0 Å². The second kappa shape index (κ2) is 7.47. The van der Waals surface area contributed by atoms with Crippen LogP contribution in [0.1, 0.15) is 41.9 Å². The molecule has 0 saturated heterocycles. The van der Waals surface area contributed by atoms with E-state index in [0.29, 0.717) is 29.1 Å². The quantitative estimate of drug-likeness (QED) is 0.815. The van der Waals surface area contributed by atoms with E-state index in [0.717, 1.165) is 61.3 Å². The van der Waals surface area contributed by atoms with Crippen LogP contribution >= 0.6 is 23.2 Å². The van der Waals surface area contributed by atoms with E-state index in [1.54, 1.807) is 0 Å². The predicted octanol–water partition coefficient (Wildman–Crippen LogP) is 3.00. The molecule has 6 nitrogen and oxygen atoms in total. The summed E-state index contributed by atoms with van der Waals surface area (Å²) in [5.74, 6) is 0.643. The van der Waals surface area contributed by atoms with Gasteiger partial charge in [-0.05, 0) is 25.3 Å². The molecule has 2 aliphatic rings. The van der Waals surface area contributed by atoms with Crippen molar-refractivity contribution in [1.29, 1.82) is 0 Å². The van der Waals surface area contributed by atoms with E-state index in [2.05, 4.69) is 19.9 Å². The third-order valence-electron chi connectivity index (χ3n) is 4.82. The minimum atomic E-state index is -0.0710. The smallest absolute Gasteiger partial charge is 0.255 e. The number of hydrogen-bond acceptors (Lipinski definition) is 5. The van der Waals surface area contributed by atoms with Gasteiger partial charge in [0.25, 0.3) is 5.56 Å². The van der Waals surface area contributed by atoms with E-state index in [9.17, 15) is 4.79 Å². The molecule has 0 aliphatic carbocycles. The fraction of sp³-hybridized carbons (Fsp3) is 0.444. The molecule has 8 heteroatoms. The van der Waals surface area contributed by atoms with Crippen molar-refractivity contribution in [2.45, 2.75) is 38.8 Å². The summed E-state index contributed by atoms with van der Waals surface area (Å²) in [4.78, 5) is 31.0. The van der Waals surface area contributed by atoms with Crippen LogP contribution in [-0.2, 0) is 19.5 Å². The predicted molar refractivity (Wildman–Crippen MR) is 102 cm³/mol. The number of fused-ring (bicyclic) bond motifs is 1. The fourth-order valence-corrected chi connectivity index (χ4v) is 3.80. The maximum absolute atomic E-state index is 12.6. The molecule has 0 aromatic carbocycles. The highest BCUT2D eigenvalue weighted by molar-refractivity contribution is 6.32. The highest BCUT2D eigenvalue weighted by Crippen LogP contribution is 2.22. The van der Waals surface area contributed by atoms with Gasteiger partial charge in [0.05, 0.1) is 22.0 Å². The van der Waals surface area contributed by atoms with Gasteiger partial charge in [-0.15, -0.1) is 0 Å². The first kappa shape index (κ1) is 17.6. The number of aromatic nitrogens is 3. The summed E-state index contributed by atoms with van der Waals surface area (Å²) in [6, 6.07) is 1.82. The van der Waals surface area contributed by atoms with Crippen LogP contribution in [-0.4, -0.2) is 38.7 Å². The molecule has 0 spiro atoms. The Kier molecular flexibility index (Phi) is 5.07. The number of halogens is 2. The highest BCUT2D eigenvalue weighted by atomic mass is 35.5. The summed E-state index contributed by atoms with van der Waals surface area (Å²) in [6.07, 6.45) is 5.35. The first-order chi connectivity index (χ1) is 12.6. The van der Waals surface area contributed by atoms with E-state index in [1.807, 2.05) is 6.07 Å². The number of hydrogen-bond donors (Lipinski definition) is 1. The first-order valence-corrected chi connectivity index (χ1v) is 9.54. The van der Waals surface area contributed by atoms with Crippen LogP contribution in [0.15, 0.2) is 22.1 Å². The number of H-pyrrole nitrogens is 1. The molecule has 0 atom stereocenters. The van der Waals surface area contributed by atoms with Gasteiger partial charge in [0, 0.05) is 44.4 Å². The number of nitrogens with zero attached hydrogens (tertiary/aromatic N) is 4. The maximum Gasteiger partial charge on any atom is 0.255 e. The summed E-state index contributed by atoms with van der Waals surface area (Å²) >= 11 is 12.2. The van der Waals surface area contributed by atoms with E-state index >= 15 is 0 Å². The number of rotatable bonds is 3. The SMILES string of the molecule is O=c1[nH]c(C2=NCCCC2)nc2c1CN(Cc1cc(Cl)cnc1Cl)CC2. The molecule has 2 aromatic heterocycles. The van der Waals surface area contributed by atoms with Crippen molar-refractivity contribution in [3.05, 3.63) is 55.4 Å². The summed E-state index contributed by atoms with van der Waals surface area (Å²) < 4.78 is 0. The summed E-state index contributed by atoms with van der Waals surface area (Å²) in [7, 11) is 0. The molecular weight excluding hydrogens is 373 g/mol. The Morgan fingerprint density at radius 1 is 1.23 bits per heavy atom. The van der Waals surface area contributed by atoms with Crippen molar-refractivity contribution < 1.29 is 0 Å². The summed E-state index contributed by atoms with van der Waals surface area (Å²) in [5.41, 5.74) is 3.32. The fourth-order valence-electron chi connectivity index (χ4n) is 3.46. The standard InChI is InChI=1S/C18H19Cl2N5O/c19-12-7-11(16(20)22-8-12)9-25-6-4-14-13(10-25)18(26)24-17(23-14)15-3-1-2-5-21-15/h7-8H,1-6,9-10H2,(H,23,24,26). The normalized spacial score (nSPS) is 17.7. The van der Waals surface area contributed by atoms with Crippen LogP contribution in [0.5, 0.6) is 0 Å². The zero-order valence-electron chi connectivity index (χ0n) is 14.3. The van der Waals surface area contributed by atoms with Crippen LogP contribution < -0.4 is 5.56 Å². The summed E-state index contributed by atoms with van der Waals surface area (Å²) in [5, 5.41) is 0.997. The lowest BCUT2D eigenvalue weighted by atomic mass is 10.0. The minimum absolute atomic E-state index is 0.0710. The number of aromatic amines is 1. The second-order valence-electron chi connectivity index (χ2n) is 6.69. The maximum atomic E-state index is 12.6. The molecule has 0 unspecified atom stereocenters. The molecule has 1 N–H and O–H groups in total. The minimum Gasteiger partial charge on any atom is -0.305 e. The number of aliphatic imine (C=N–C) groups is 1. The van der Waals surface area contributed by atoms with Crippen molar-refractivity contribution in [3.63, 3.8) is 0 Å². The van der Waals surface area contributed by atoms with E-state index in [-0.39, 0.29) is 5.56 Å². The third kappa shape index (κ3) is 3.68. The van der Waals surface area contributed by atoms with E-state index in [4.69, 9.17) is 28.2 Å². The monoisotopic (exact) mass is 391 g/mol. The van der Waals surface area contributed by atoms with Gasteiger partial charge in [0.15, 0.2) is 5.82 Å². The molecule has 136 valence electrons. The lowest BCUT2D eigenvalue weighted by Gasteiger charge is -2.28. The zero-order chi connectivity index (χ0) is 18.1. The first-order valence-electron chi connectivity index (χ1n) is 8.78. The van der Waals surface area contributed by atoms with Crippen molar-refractivity contribution in [1.82, 2.24) is 19.9 Å². The summed E-state index contributed by atoms with van der Waals surface area (Å²) in [6.45, 7) is 2.75. The molecule has 0 amide bonds. The molecule has 0 bridgehead atoms. The van der Waals surface area contributed by atoms with E-state index < -0.39 is 0 Å². The average molecular weight is 392 g/mol. The molecular formula is C18H19Cl2N5O. The van der Waals surface area contributed by atoms with Gasteiger partial charge in [-0.2, -0.15) is 0 Å². The Bertz CT molecular complexity index is 924.